The Morgan fingerprint density at radius 2 is 2.26 bits per heavy atom. The van der Waals surface area contributed by atoms with Crippen molar-refractivity contribution in [3.8, 4) is 0 Å². The van der Waals surface area contributed by atoms with E-state index in [1.54, 1.807) is 7.05 Å². The molecule has 2 N–H and O–H groups in total. The number of sulfonamides is 1. The first-order valence-corrected chi connectivity index (χ1v) is 7.87. The third kappa shape index (κ3) is 4.27. The van der Waals surface area contributed by atoms with Crippen molar-refractivity contribution in [2.75, 3.05) is 26.2 Å². The maximum atomic E-state index is 11.9. The molecule has 1 aliphatic rings. The van der Waals surface area contributed by atoms with Crippen LogP contribution in [0.5, 0.6) is 0 Å². The Balaban J connectivity index is 1.72. The zero-order valence-electron chi connectivity index (χ0n) is 11.0. The van der Waals surface area contributed by atoms with Crippen molar-refractivity contribution >= 4 is 10.0 Å². The summed E-state index contributed by atoms with van der Waals surface area (Å²) in [6.07, 6.45) is 5.00. The molecule has 2 rings (SSSR count). The second-order valence-corrected chi connectivity index (χ2v) is 6.33. The minimum atomic E-state index is -3.47. The zero-order valence-corrected chi connectivity index (χ0v) is 11.8. The fraction of sp³-hybridized carbons (Fsp3) is 0.727. The average molecular weight is 288 g/mol. The predicted octanol–water partition coefficient (Wildman–Crippen LogP) is -0.533. The molecule has 0 spiro atoms. The van der Waals surface area contributed by atoms with Crippen LogP contribution in [0, 0.1) is 0 Å². The lowest BCUT2D eigenvalue weighted by molar-refractivity contribution is 0.0367. The van der Waals surface area contributed by atoms with Crippen molar-refractivity contribution in [3.05, 3.63) is 12.4 Å². The van der Waals surface area contributed by atoms with E-state index in [1.807, 2.05) is 0 Å². The minimum Gasteiger partial charge on any atom is -0.377 e. The number of nitrogens with zero attached hydrogens (tertiary/aromatic N) is 2. The van der Waals surface area contributed by atoms with Gasteiger partial charge in [0.25, 0.3) is 0 Å². The van der Waals surface area contributed by atoms with Crippen molar-refractivity contribution in [2.24, 2.45) is 7.05 Å². The molecule has 0 atom stereocenters. The fourth-order valence-corrected chi connectivity index (χ4v) is 2.98. The van der Waals surface area contributed by atoms with Crippen LogP contribution < -0.4 is 10.0 Å². The molecule has 0 aliphatic carbocycles. The van der Waals surface area contributed by atoms with Gasteiger partial charge < -0.3 is 10.1 Å². The number of piperidine rings is 1. The molecule has 108 valence electrons. The first kappa shape index (κ1) is 14.4. The lowest BCUT2D eigenvalue weighted by Crippen LogP contribution is -2.34. The fourth-order valence-electron chi connectivity index (χ4n) is 1.98. The van der Waals surface area contributed by atoms with Gasteiger partial charge in [-0.25, -0.2) is 13.1 Å². The Morgan fingerprint density at radius 1 is 1.53 bits per heavy atom. The van der Waals surface area contributed by atoms with Crippen molar-refractivity contribution in [3.63, 3.8) is 0 Å². The first-order chi connectivity index (χ1) is 9.08. The van der Waals surface area contributed by atoms with Gasteiger partial charge in [-0.15, -0.1) is 0 Å². The summed E-state index contributed by atoms with van der Waals surface area (Å²) in [7, 11) is -1.79. The van der Waals surface area contributed by atoms with Crippen molar-refractivity contribution in [1.82, 2.24) is 19.8 Å². The summed E-state index contributed by atoms with van der Waals surface area (Å²) in [4.78, 5) is 0.178. The molecule has 1 fully saturated rings. The largest absolute Gasteiger partial charge is 0.377 e. The Morgan fingerprint density at radius 3 is 2.89 bits per heavy atom. The molecule has 8 heteroatoms. The minimum absolute atomic E-state index is 0.178. The van der Waals surface area contributed by atoms with E-state index in [-0.39, 0.29) is 17.5 Å². The molecule has 0 bridgehead atoms. The van der Waals surface area contributed by atoms with Crippen LogP contribution in [0.3, 0.4) is 0 Å². The van der Waals surface area contributed by atoms with E-state index in [9.17, 15) is 8.42 Å². The molecular formula is C11H20N4O3S. The number of nitrogens with one attached hydrogen (secondary N) is 2. The number of hydrogen-bond donors (Lipinski definition) is 2. The van der Waals surface area contributed by atoms with Crippen LogP contribution in [0.25, 0.3) is 0 Å². The van der Waals surface area contributed by atoms with Gasteiger partial charge in [-0.3, -0.25) is 4.68 Å². The quantitative estimate of drug-likeness (QED) is 0.687. The normalized spacial score (nSPS) is 17.7. The lowest BCUT2D eigenvalue weighted by atomic mass is 10.1. The molecule has 7 nitrogen and oxygen atoms in total. The summed E-state index contributed by atoms with van der Waals surface area (Å²) in [5.74, 6) is 0. The maximum absolute atomic E-state index is 11.9. The van der Waals surface area contributed by atoms with Gasteiger partial charge in [-0.2, -0.15) is 5.10 Å². The van der Waals surface area contributed by atoms with E-state index in [0.29, 0.717) is 6.61 Å². The number of hydrogen-bond acceptors (Lipinski definition) is 5. The van der Waals surface area contributed by atoms with E-state index >= 15 is 0 Å². The standard InChI is InChI=1S/C11H20N4O3S/c1-15-9-11(8-13-15)19(16,17)14-6-7-18-10-2-4-12-5-3-10/h8-10,12,14H,2-7H2,1H3. The van der Waals surface area contributed by atoms with Gasteiger partial charge in [0.15, 0.2) is 0 Å². The summed E-state index contributed by atoms with van der Waals surface area (Å²) in [6, 6.07) is 0. The average Bonchev–Trinajstić information content (AvgIpc) is 2.84. The second kappa shape index (κ2) is 6.47. The van der Waals surface area contributed by atoms with Crippen LogP contribution in [0.2, 0.25) is 0 Å². The van der Waals surface area contributed by atoms with Crippen molar-refractivity contribution < 1.29 is 13.2 Å². The van der Waals surface area contributed by atoms with Crippen molar-refractivity contribution in [2.45, 2.75) is 23.8 Å². The molecule has 0 unspecified atom stereocenters. The van der Waals surface area contributed by atoms with E-state index < -0.39 is 10.0 Å². The third-order valence-corrected chi connectivity index (χ3v) is 4.44. The SMILES string of the molecule is Cn1cc(S(=O)(=O)NCCOC2CCNCC2)cn1. The van der Waals surface area contributed by atoms with E-state index in [1.165, 1.54) is 17.1 Å². The highest BCUT2D eigenvalue weighted by atomic mass is 32.2. The zero-order chi connectivity index (χ0) is 13.7. The van der Waals surface area contributed by atoms with Crippen LogP contribution >= 0.6 is 0 Å². The molecule has 19 heavy (non-hydrogen) atoms. The summed E-state index contributed by atoms with van der Waals surface area (Å²) in [5, 5.41) is 7.10. The molecular weight excluding hydrogens is 268 g/mol. The molecule has 1 aromatic rings. The Labute approximate surface area is 113 Å². The molecule has 0 aromatic carbocycles. The molecule has 2 heterocycles. The van der Waals surface area contributed by atoms with Crippen LogP contribution in [0.4, 0.5) is 0 Å². The molecule has 1 aliphatic heterocycles. The highest BCUT2D eigenvalue weighted by molar-refractivity contribution is 7.89. The van der Waals surface area contributed by atoms with E-state index in [2.05, 4.69) is 15.1 Å². The highest BCUT2D eigenvalue weighted by Crippen LogP contribution is 2.07. The lowest BCUT2D eigenvalue weighted by Gasteiger charge is -2.22. The summed E-state index contributed by atoms with van der Waals surface area (Å²) < 4.78 is 33.3. The number of rotatable bonds is 6. The highest BCUT2D eigenvalue weighted by Gasteiger charge is 2.16. The molecule has 0 saturated carbocycles. The summed E-state index contributed by atoms with van der Waals surface area (Å²) >= 11 is 0. The van der Waals surface area contributed by atoms with Crippen LogP contribution in [0.1, 0.15) is 12.8 Å². The predicted molar refractivity (Wildman–Crippen MR) is 70.2 cm³/mol. The van der Waals surface area contributed by atoms with Gasteiger partial charge in [0.2, 0.25) is 10.0 Å². The van der Waals surface area contributed by atoms with E-state index in [0.717, 1.165) is 25.9 Å². The Hall–Kier alpha value is -0.960. The first-order valence-electron chi connectivity index (χ1n) is 6.38. The molecule has 0 radical (unpaired) electrons. The number of aryl methyl sites for hydroxylation is 1. The third-order valence-electron chi connectivity index (χ3n) is 3.03. The number of aromatic nitrogens is 2. The van der Waals surface area contributed by atoms with Gasteiger partial charge in [0.05, 0.1) is 18.9 Å². The maximum Gasteiger partial charge on any atom is 0.243 e. The second-order valence-electron chi connectivity index (χ2n) is 4.57. The van der Waals surface area contributed by atoms with E-state index in [4.69, 9.17) is 4.74 Å². The van der Waals surface area contributed by atoms with Gasteiger partial charge in [-0.05, 0) is 25.9 Å². The molecule has 0 amide bonds. The smallest absolute Gasteiger partial charge is 0.243 e. The summed E-state index contributed by atoms with van der Waals surface area (Å²) in [5.41, 5.74) is 0. The van der Waals surface area contributed by atoms with Gasteiger partial charge in [0.1, 0.15) is 4.90 Å². The molecule has 1 saturated heterocycles. The van der Waals surface area contributed by atoms with Crippen LogP contribution in [0.15, 0.2) is 17.3 Å². The number of ether oxygens (including phenoxy) is 1. The van der Waals surface area contributed by atoms with Crippen molar-refractivity contribution in [1.29, 1.82) is 0 Å². The Kier molecular flexibility index (Phi) is 4.92. The van der Waals surface area contributed by atoms with Crippen LogP contribution in [-0.4, -0.2) is 50.5 Å². The topological polar surface area (TPSA) is 85.2 Å². The van der Waals surface area contributed by atoms with Crippen LogP contribution in [-0.2, 0) is 21.8 Å². The summed E-state index contributed by atoms with van der Waals surface area (Å²) in [6.45, 7) is 2.60. The monoisotopic (exact) mass is 288 g/mol. The Bertz CT molecular complexity index is 494. The van der Waals surface area contributed by atoms with Gasteiger partial charge >= 0.3 is 0 Å². The molecule has 1 aromatic heterocycles. The van der Waals surface area contributed by atoms with Gasteiger partial charge in [-0.1, -0.05) is 0 Å². The van der Waals surface area contributed by atoms with Gasteiger partial charge in [0, 0.05) is 19.8 Å².